The van der Waals surface area contributed by atoms with Crippen LogP contribution in [0.2, 0.25) is 0 Å². The lowest BCUT2D eigenvalue weighted by Gasteiger charge is -2.23. The van der Waals surface area contributed by atoms with Gasteiger partial charge < -0.3 is 4.74 Å². The molecule has 0 saturated carbocycles. The molecule has 1 heterocycles. The van der Waals surface area contributed by atoms with Gasteiger partial charge in [-0.25, -0.2) is 4.79 Å². The van der Waals surface area contributed by atoms with Gasteiger partial charge in [0.05, 0.1) is 13.2 Å². The summed E-state index contributed by atoms with van der Waals surface area (Å²) in [5.74, 6) is 0. The number of hydrogen-bond acceptors (Lipinski definition) is 2. The summed E-state index contributed by atoms with van der Waals surface area (Å²) >= 11 is 0. The zero-order valence-corrected chi connectivity index (χ0v) is 6.65. The minimum atomic E-state index is -0.321. The maximum atomic E-state index is 11.0. The van der Waals surface area contributed by atoms with Crippen LogP contribution in [0.3, 0.4) is 0 Å². The van der Waals surface area contributed by atoms with E-state index >= 15 is 0 Å². The minimum Gasteiger partial charge on any atom is -0.452 e. The molecule has 1 amide bonds. The van der Waals surface area contributed by atoms with Gasteiger partial charge >= 0.3 is 6.09 Å². The standard InChI is InChI=1S/C8H11NO2/c1-7-5-3-4-6-9(7)8(10)11-2/h3-7H,1-2H3/t7-/m0/s1. The number of ether oxygens (including phenoxy) is 1. The van der Waals surface area contributed by atoms with Crippen LogP contribution in [0.15, 0.2) is 24.4 Å². The Kier molecular flexibility index (Phi) is 2.31. The first kappa shape index (κ1) is 7.85. The third-order valence-electron chi connectivity index (χ3n) is 1.57. The molecule has 0 unspecified atom stereocenters. The first-order chi connectivity index (χ1) is 5.25. The molecule has 0 spiro atoms. The molecule has 0 saturated heterocycles. The summed E-state index contributed by atoms with van der Waals surface area (Å²) < 4.78 is 4.56. The van der Waals surface area contributed by atoms with Gasteiger partial charge in [0.1, 0.15) is 0 Å². The SMILES string of the molecule is COC(=O)N1C=CC=C[C@@H]1C. The topological polar surface area (TPSA) is 29.5 Å². The highest BCUT2D eigenvalue weighted by atomic mass is 16.5. The van der Waals surface area contributed by atoms with Crippen molar-refractivity contribution in [3.63, 3.8) is 0 Å². The zero-order valence-electron chi connectivity index (χ0n) is 6.65. The van der Waals surface area contributed by atoms with Gasteiger partial charge in [0.15, 0.2) is 0 Å². The molecule has 0 aromatic carbocycles. The van der Waals surface area contributed by atoms with Crippen LogP contribution in [0.4, 0.5) is 4.79 Å². The van der Waals surface area contributed by atoms with E-state index in [1.807, 2.05) is 19.1 Å². The van der Waals surface area contributed by atoms with Gasteiger partial charge in [-0.2, -0.15) is 0 Å². The molecule has 0 bridgehead atoms. The number of carbonyl (C=O) groups is 1. The van der Waals surface area contributed by atoms with E-state index in [4.69, 9.17) is 0 Å². The Bertz CT molecular complexity index is 208. The van der Waals surface area contributed by atoms with Gasteiger partial charge in [-0.15, -0.1) is 0 Å². The predicted octanol–water partition coefficient (Wildman–Crippen LogP) is 1.53. The molecule has 0 fully saturated rings. The second-order valence-corrected chi connectivity index (χ2v) is 2.34. The smallest absolute Gasteiger partial charge is 0.414 e. The van der Waals surface area contributed by atoms with E-state index < -0.39 is 0 Å². The van der Waals surface area contributed by atoms with Crippen LogP contribution in [0, 0.1) is 0 Å². The van der Waals surface area contributed by atoms with E-state index in [-0.39, 0.29) is 12.1 Å². The maximum Gasteiger partial charge on any atom is 0.414 e. The minimum absolute atomic E-state index is 0.0902. The number of methoxy groups -OCH3 is 1. The van der Waals surface area contributed by atoms with Crippen molar-refractivity contribution in [3.05, 3.63) is 24.4 Å². The predicted molar refractivity (Wildman–Crippen MR) is 42.0 cm³/mol. The Hall–Kier alpha value is -1.25. The van der Waals surface area contributed by atoms with Crippen molar-refractivity contribution in [2.45, 2.75) is 13.0 Å². The highest BCUT2D eigenvalue weighted by Crippen LogP contribution is 2.08. The van der Waals surface area contributed by atoms with Crippen LogP contribution < -0.4 is 0 Å². The highest BCUT2D eigenvalue weighted by Gasteiger charge is 2.16. The molecular weight excluding hydrogens is 142 g/mol. The average Bonchev–Trinajstić information content (AvgIpc) is 2.04. The van der Waals surface area contributed by atoms with Crippen molar-refractivity contribution in [1.29, 1.82) is 0 Å². The van der Waals surface area contributed by atoms with Crippen molar-refractivity contribution in [1.82, 2.24) is 4.90 Å². The molecular formula is C8H11NO2. The molecule has 0 aromatic heterocycles. The monoisotopic (exact) mass is 153 g/mol. The number of amides is 1. The Morgan fingerprint density at radius 3 is 2.82 bits per heavy atom. The maximum absolute atomic E-state index is 11.0. The number of nitrogens with zero attached hydrogens (tertiary/aromatic N) is 1. The van der Waals surface area contributed by atoms with Crippen LogP contribution >= 0.6 is 0 Å². The van der Waals surface area contributed by atoms with Gasteiger partial charge in [0, 0.05) is 6.20 Å². The highest BCUT2D eigenvalue weighted by molar-refractivity contribution is 5.69. The molecule has 1 aliphatic heterocycles. The first-order valence-corrected chi connectivity index (χ1v) is 3.47. The molecule has 0 aromatic rings. The van der Waals surface area contributed by atoms with Gasteiger partial charge in [-0.1, -0.05) is 12.2 Å². The van der Waals surface area contributed by atoms with Gasteiger partial charge in [0.25, 0.3) is 0 Å². The summed E-state index contributed by atoms with van der Waals surface area (Å²) in [5.41, 5.74) is 0. The average molecular weight is 153 g/mol. The fourth-order valence-electron chi connectivity index (χ4n) is 0.928. The lowest BCUT2D eigenvalue weighted by molar-refractivity contribution is 0.134. The van der Waals surface area contributed by atoms with Crippen molar-refractivity contribution < 1.29 is 9.53 Å². The van der Waals surface area contributed by atoms with Crippen LogP contribution in [0.25, 0.3) is 0 Å². The molecule has 1 atom stereocenters. The van der Waals surface area contributed by atoms with Crippen LogP contribution in [0.1, 0.15) is 6.92 Å². The van der Waals surface area contributed by atoms with Crippen LogP contribution in [-0.2, 0) is 4.74 Å². The summed E-state index contributed by atoms with van der Waals surface area (Å²) in [6.45, 7) is 1.93. The number of hydrogen-bond donors (Lipinski definition) is 0. The van der Waals surface area contributed by atoms with Crippen molar-refractivity contribution >= 4 is 6.09 Å². The summed E-state index contributed by atoms with van der Waals surface area (Å²) in [6, 6.07) is 0.0902. The van der Waals surface area contributed by atoms with Crippen LogP contribution in [0.5, 0.6) is 0 Å². The lowest BCUT2D eigenvalue weighted by Crippen LogP contribution is -2.33. The molecule has 1 rings (SSSR count). The largest absolute Gasteiger partial charge is 0.452 e. The molecule has 0 aliphatic carbocycles. The molecule has 0 N–H and O–H groups in total. The van der Waals surface area contributed by atoms with E-state index in [2.05, 4.69) is 4.74 Å². The second-order valence-electron chi connectivity index (χ2n) is 2.34. The summed E-state index contributed by atoms with van der Waals surface area (Å²) in [6.07, 6.45) is 7.02. The molecule has 60 valence electrons. The van der Waals surface area contributed by atoms with Crippen molar-refractivity contribution in [2.75, 3.05) is 7.11 Å². The second kappa shape index (κ2) is 3.23. The molecule has 3 nitrogen and oxygen atoms in total. The van der Waals surface area contributed by atoms with Gasteiger partial charge in [-0.3, -0.25) is 4.90 Å². The first-order valence-electron chi connectivity index (χ1n) is 3.47. The summed E-state index contributed by atoms with van der Waals surface area (Å²) in [7, 11) is 1.38. The van der Waals surface area contributed by atoms with E-state index in [1.165, 1.54) is 12.0 Å². The Morgan fingerprint density at radius 1 is 1.55 bits per heavy atom. The quantitative estimate of drug-likeness (QED) is 0.528. The molecule has 11 heavy (non-hydrogen) atoms. The molecule has 0 radical (unpaired) electrons. The number of carbonyl (C=O) groups excluding carboxylic acids is 1. The Labute approximate surface area is 65.9 Å². The Morgan fingerprint density at radius 2 is 2.27 bits per heavy atom. The summed E-state index contributed by atoms with van der Waals surface area (Å²) in [4.78, 5) is 12.5. The van der Waals surface area contributed by atoms with Crippen molar-refractivity contribution in [3.8, 4) is 0 Å². The van der Waals surface area contributed by atoms with E-state index in [0.717, 1.165) is 0 Å². The van der Waals surface area contributed by atoms with Gasteiger partial charge in [0.2, 0.25) is 0 Å². The number of rotatable bonds is 0. The Balaban J connectivity index is 2.65. The molecule has 1 aliphatic rings. The lowest BCUT2D eigenvalue weighted by atomic mass is 10.2. The normalized spacial score (nSPS) is 22.0. The van der Waals surface area contributed by atoms with Crippen LogP contribution in [-0.4, -0.2) is 24.1 Å². The van der Waals surface area contributed by atoms with Crippen molar-refractivity contribution in [2.24, 2.45) is 0 Å². The van der Waals surface area contributed by atoms with Gasteiger partial charge in [-0.05, 0) is 13.0 Å². The number of allylic oxidation sites excluding steroid dienone is 2. The zero-order chi connectivity index (χ0) is 8.27. The van der Waals surface area contributed by atoms with E-state index in [1.54, 1.807) is 12.3 Å². The van der Waals surface area contributed by atoms with E-state index in [9.17, 15) is 4.79 Å². The fraction of sp³-hybridized carbons (Fsp3) is 0.375. The third-order valence-corrected chi connectivity index (χ3v) is 1.57. The van der Waals surface area contributed by atoms with E-state index in [0.29, 0.717) is 0 Å². The third kappa shape index (κ3) is 1.61. The summed E-state index contributed by atoms with van der Waals surface area (Å²) in [5, 5.41) is 0. The molecule has 3 heteroatoms. The fourth-order valence-corrected chi connectivity index (χ4v) is 0.928.